The molecule has 2 aromatic rings. The quantitative estimate of drug-likeness (QED) is 0.908. The van der Waals surface area contributed by atoms with Crippen LogP contribution in [0.25, 0.3) is 0 Å². The van der Waals surface area contributed by atoms with Gasteiger partial charge in [-0.3, -0.25) is 0 Å². The number of hydrogen-bond acceptors (Lipinski definition) is 3. The summed E-state index contributed by atoms with van der Waals surface area (Å²) in [6.07, 6.45) is 1.78. The number of aryl methyl sites for hydroxylation is 1. The number of hydrogen-bond donors (Lipinski definition) is 2. The van der Waals surface area contributed by atoms with E-state index in [0.717, 1.165) is 27.6 Å². The Kier molecular flexibility index (Phi) is 3.14. The zero-order valence-electron chi connectivity index (χ0n) is 9.04. The van der Waals surface area contributed by atoms with Gasteiger partial charge in [0.25, 0.3) is 0 Å². The number of aromatic amines is 1. The molecule has 0 aliphatic carbocycles. The van der Waals surface area contributed by atoms with Crippen molar-refractivity contribution in [2.45, 2.75) is 6.92 Å². The van der Waals surface area contributed by atoms with Gasteiger partial charge in [-0.25, -0.2) is 4.98 Å². The maximum absolute atomic E-state index is 5.18. The molecule has 0 unspecified atom stereocenters. The fourth-order valence-corrected chi connectivity index (χ4v) is 1.84. The molecule has 5 heteroatoms. The second-order valence-electron chi connectivity index (χ2n) is 3.42. The predicted octanol–water partition coefficient (Wildman–Crippen LogP) is 3.23. The van der Waals surface area contributed by atoms with Crippen LogP contribution in [-0.4, -0.2) is 17.1 Å². The Labute approximate surface area is 102 Å². The molecule has 1 aromatic heterocycles. The van der Waals surface area contributed by atoms with Gasteiger partial charge in [-0.2, -0.15) is 0 Å². The zero-order valence-corrected chi connectivity index (χ0v) is 10.6. The number of nitrogens with zero attached hydrogens (tertiary/aromatic N) is 1. The second-order valence-corrected chi connectivity index (χ2v) is 4.34. The molecule has 0 saturated carbocycles. The van der Waals surface area contributed by atoms with Gasteiger partial charge >= 0.3 is 0 Å². The summed E-state index contributed by atoms with van der Waals surface area (Å²) in [5.74, 6) is 1.51. The van der Waals surface area contributed by atoms with E-state index in [1.165, 1.54) is 0 Å². The highest BCUT2D eigenvalue weighted by atomic mass is 79.9. The molecule has 2 N–H and O–H groups in total. The van der Waals surface area contributed by atoms with Crippen LogP contribution in [0.5, 0.6) is 5.75 Å². The first-order valence-electron chi connectivity index (χ1n) is 4.80. The van der Waals surface area contributed by atoms with Crippen molar-refractivity contribution in [1.29, 1.82) is 0 Å². The molecule has 1 aromatic carbocycles. The van der Waals surface area contributed by atoms with E-state index in [1.54, 1.807) is 13.3 Å². The van der Waals surface area contributed by atoms with Crippen molar-refractivity contribution < 1.29 is 4.74 Å². The van der Waals surface area contributed by atoms with Crippen molar-refractivity contribution >= 4 is 27.6 Å². The van der Waals surface area contributed by atoms with Crippen molar-refractivity contribution in [2.75, 3.05) is 12.4 Å². The van der Waals surface area contributed by atoms with Crippen molar-refractivity contribution in [3.8, 4) is 5.75 Å². The molecule has 1 heterocycles. The second kappa shape index (κ2) is 4.57. The van der Waals surface area contributed by atoms with Crippen LogP contribution >= 0.6 is 15.9 Å². The molecule has 0 amide bonds. The van der Waals surface area contributed by atoms with E-state index >= 15 is 0 Å². The third-order valence-corrected chi connectivity index (χ3v) is 2.53. The Morgan fingerprint density at radius 2 is 2.19 bits per heavy atom. The van der Waals surface area contributed by atoms with E-state index < -0.39 is 0 Å². The molecule has 0 radical (unpaired) electrons. The average Bonchev–Trinajstić information content (AvgIpc) is 2.63. The monoisotopic (exact) mass is 281 g/mol. The number of aromatic nitrogens is 2. The SMILES string of the molecule is COc1cc(Br)cc(Nc2ncc(C)[nH]2)c1. The Morgan fingerprint density at radius 3 is 2.81 bits per heavy atom. The molecule has 2 rings (SSSR count). The van der Waals surface area contributed by atoms with Crippen molar-refractivity contribution in [3.05, 3.63) is 34.6 Å². The van der Waals surface area contributed by atoms with Gasteiger partial charge in [0.2, 0.25) is 5.95 Å². The highest BCUT2D eigenvalue weighted by Crippen LogP contribution is 2.25. The summed E-state index contributed by atoms with van der Waals surface area (Å²) in [4.78, 5) is 7.28. The molecule has 0 spiro atoms. The standard InChI is InChI=1S/C11H12BrN3O/c1-7-6-13-11(14-7)15-9-3-8(12)4-10(5-9)16-2/h3-6H,1-2H3,(H2,13,14,15). The van der Waals surface area contributed by atoms with Gasteiger partial charge in [0.1, 0.15) is 5.75 Å². The van der Waals surface area contributed by atoms with Crippen LogP contribution in [0.3, 0.4) is 0 Å². The van der Waals surface area contributed by atoms with Gasteiger partial charge < -0.3 is 15.0 Å². The highest BCUT2D eigenvalue weighted by molar-refractivity contribution is 9.10. The summed E-state index contributed by atoms with van der Waals surface area (Å²) in [7, 11) is 1.64. The van der Waals surface area contributed by atoms with Gasteiger partial charge in [0, 0.05) is 28.1 Å². The van der Waals surface area contributed by atoms with E-state index in [0.29, 0.717) is 0 Å². The number of nitrogens with one attached hydrogen (secondary N) is 2. The van der Waals surface area contributed by atoms with Gasteiger partial charge in [-0.05, 0) is 19.1 Å². The van der Waals surface area contributed by atoms with Gasteiger partial charge in [0.05, 0.1) is 7.11 Å². The first kappa shape index (κ1) is 11.0. The predicted molar refractivity (Wildman–Crippen MR) is 67.3 cm³/mol. The molecule has 84 valence electrons. The summed E-state index contributed by atoms with van der Waals surface area (Å²) in [6, 6.07) is 5.77. The van der Waals surface area contributed by atoms with Gasteiger partial charge in [0.15, 0.2) is 0 Å². The fraction of sp³-hybridized carbons (Fsp3) is 0.182. The first-order valence-corrected chi connectivity index (χ1v) is 5.60. The van der Waals surface area contributed by atoms with Gasteiger partial charge in [-0.1, -0.05) is 15.9 Å². The zero-order chi connectivity index (χ0) is 11.5. The number of anilines is 2. The number of methoxy groups -OCH3 is 1. The van der Waals surface area contributed by atoms with Crippen LogP contribution in [-0.2, 0) is 0 Å². The maximum Gasteiger partial charge on any atom is 0.204 e. The first-order chi connectivity index (χ1) is 7.67. The summed E-state index contributed by atoms with van der Waals surface area (Å²) in [6.45, 7) is 1.96. The fourth-order valence-electron chi connectivity index (χ4n) is 1.37. The van der Waals surface area contributed by atoms with Crippen molar-refractivity contribution in [2.24, 2.45) is 0 Å². The number of imidazole rings is 1. The third-order valence-electron chi connectivity index (χ3n) is 2.07. The molecular formula is C11H12BrN3O. The Balaban J connectivity index is 2.24. The number of ether oxygens (including phenoxy) is 1. The number of halogens is 1. The van der Waals surface area contributed by atoms with E-state index in [1.807, 2.05) is 25.1 Å². The smallest absolute Gasteiger partial charge is 0.204 e. The molecule has 0 atom stereocenters. The molecular weight excluding hydrogens is 270 g/mol. The minimum Gasteiger partial charge on any atom is -0.497 e. The molecule has 16 heavy (non-hydrogen) atoms. The average molecular weight is 282 g/mol. The summed E-state index contributed by atoms with van der Waals surface area (Å²) < 4.78 is 6.13. The lowest BCUT2D eigenvalue weighted by atomic mass is 10.3. The topological polar surface area (TPSA) is 49.9 Å². The number of rotatable bonds is 3. The molecule has 0 fully saturated rings. The minimum absolute atomic E-state index is 0.720. The van der Waals surface area contributed by atoms with E-state index in [4.69, 9.17) is 4.74 Å². The highest BCUT2D eigenvalue weighted by Gasteiger charge is 2.02. The normalized spacial score (nSPS) is 10.2. The molecule has 0 aliphatic heterocycles. The third kappa shape index (κ3) is 2.55. The van der Waals surface area contributed by atoms with Gasteiger partial charge in [-0.15, -0.1) is 0 Å². The largest absolute Gasteiger partial charge is 0.497 e. The van der Waals surface area contributed by atoms with Crippen LogP contribution in [0.4, 0.5) is 11.6 Å². The van der Waals surface area contributed by atoms with Crippen LogP contribution in [0.2, 0.25) is 0 Å². The van der Waals surface area contributed by atoms with Crippen molar-refractivity contribution in [1.82, 2.24) is 9.97 Å². The Hall–Kier alpha value is -1.49. The molecule has 0 saturated heterocycles. The van der Waals surface area contributed by atoms with Crippen LogP contribution in [0, 0.1) is 6.92 Å². The van der Waals surface area contributed by atoms with Crippen LogP contribution in [0.1, 0.15) is 5.69 Å². The lowest BCUT2D eigenvalue weighted by Gasteiger charge is -2.06. The minimum atomic E-state index is 0.720. The van der Waals surface area contributed by atoms with Crippen molar-refractivity contribution in [3.63, 3.8) is 0 Å². The lowest BCUT2D eigenvalue weighted by molar-refractivity contribution is 0.415. The summed E-state index contributed by atoms with van der Waals surface area (Å²) in [5.41, 5.74) is 1.94. The molecule has 0 aliphatic rings. The molecule has 0 bridgehead atoms. The van der Waals surface area contributed by atoms with E-state index in [-0.39, 0.29) is 0 Å². The van der Waals surface area contributed by atoms with E-state index in [2.05, 4.69) is 31.2 Å². The Bertz CT molecular complexity index is 496. The summed E-state index contributed by atoms with van der Waals surface area (Å²) >= 11 is 3.42. The number of benzene rings is 1. The maximum atomic E-state index is 5.18. The van der Waals surface area contributed by atoms with E-state index in [9.17, 15) is 0 Å². The molecule has 4 nitrogen and oxygen atoms in total. The summed E-state index contributed by atoms with van der Waals surface area (Å²) in [5, 5.41) is 3.16. The van der Waals surface area contributed by atoms with Crippen LogP contribution < -0.4 is 10.1 Å². The lowest BCUT2D eigenvalue weighted by Crippen LogP contribution is -1.93. The Morgan fingerprint density at radius 1 is 1.38 bits per heavy atom. The number of H-pyrrole nitrogens is 1. The van der Waals surface area contributed by atoms with Crippen LogP contribution in [0.15, 0.2) is 28.9 Å².